The Balaban J connectivity index is 1.89. The highest BCUT2D eigenvalue weighted by atomic mass is 16.5. The fourth-order valence-corrected chi connectivity index (χ4v) is 2.62. The van der Waals surface area contributed by atoms with Crippen molar-refractivity contribution in [2.75, 3.05) is 25.6 Å². The number of rotatable bonds is 7. The summed E-state index contributed by atoms with van der Waals surface area (Å²) in [4.78, 5) is 13.3. The van der Waals surface area contributed by atoms with Gasteiger partial charge in [-0.15, -0.1) is 0 Å². The summed E-state index contributed by atoms with van der Waals surface area (Å²) in [5, 5.41) is 12.1. The van der Waals surface area contributed by atoms with E-state index in [1.807, 2.05) is 43.5 Å². The second-order valence-electron chi connectivity index (χ2n) is 5.88. The molecule has 1 aromatic carbocycles. The fraction of sp³-hybridized carbons (Fsp3) is 0.250. The van der Waals surface area contributed by atoms with Gasteiger partial charge in [0.2, 0.25) is 0 Å². The van der Waals surface area contributed by atoms with Gasteiger partial charge in [-0.1, -0.05) is 12.1 Å². The summed E-state index contributed by atoms with van der Waals surface area (Å²) in [7, 11) is 1.65. The average molecular weight is 350 g/mol. The lowest BCUT2D eigenvalue weighted by Gasteiger charge is -2.09. The summed E-state index contributed by atoms with van der Waals surface area (Å²) in [6.07, 6.45) is 4.30. The highest BCUT2D eigenvalue weighted by Crippen LogP contribution is 2.26. The van der Waals surface area contributed by atoms with Gasteiger partial charge < -0.3 is 15.2 Å². The van der Waals surface area contributed by atoms with Crippen molar-refractivity contribution in [3.05, 3.63) is 54.6 Å². The van der Waals surface area contributed by atoms with Crippen molar-refractivity contribution in [3.8, 4) is 28.1 Å². The van der Waals surface area contributed by atoms with E-state index < -0.39 is 0 Å². The van der Waals surface area contributed by atoms with Gasteiger partial charge in [0.1, 0.15) is 17.4 Å². The molecule has 0 radical (unpaired) electrons. The van der Waals surface area contributed by atoms with Gasteiger partial charge in [-0.05, 0) is 37.1 Å². The van der Waals surface area contributed by atoms with Gasteiger partial charge in [-0.25, -0.2) is 9.97 Å². The van der Waals surface area contributed by atoms with Crippen LogP contribution in [0.25, 0.3) is 22.4 Å². The molecule has 6 nitrogen and oxygen atoms in total. The maximum absolute atomic E-state index is 8.91. The zero-order valence-corrected chi connectivity index (χ0v) is 14.9. The van der Waals surface area contributed by atoms with E-state index in [2.05, 4.69) is 26.3 Å². The maximum atomic E-state index is 8.91. The molecule has 3 aromatic rings. The molecule has 0 saturated carbocycles. The minimum Gasteiger partial charge on any atom is -0.497 e. The molecule has 0 aliphatic carbocycles. The number of anilines is 1. The topological polar surface area (TPSA) is 80.2 Å². The Bertz CT molecular complexity index is 866. The predicted molar refractivity (Wildman–Crippen MR) is 102 cm³/mol. The lowest BCUT2D eigenvalue weighted by atomic mass is 10.0. The molecular formula is C20H22N4O2. The number of methoxy groups -OCH3 is 1. The van der Waals surface area contributed by atoms with Gasteiger partial charge in [0, 0.05) is 42.7 Å². The van der Waals surface area contributed by atoms with Crippen molar-refractivity contribution in [3.63, 3.8) is 0 Å². The van der Waals surface area contributed by atoms with Crippen LogP contribution >= 0.6 is 0 Å². The second kappa shape index (κ2) is 8.40. The first-order chi connectivity index (χ1) is 12.7. The Kier molecular flexibility index (Phi) is 5.76. The van der Waals surface area contributed by atoms with Gasteiger partial charge in [0.05, 0.1) is 12.8 Å². The number of aliphatic hydroxyl groups excluding tert-OH is 1. The smallest absolute Gasteiger partial charge is 0.130 e. The van der Waals surface area contributed by atoms with Gasteiger partial charge in [0.15, 0.2) is 0 Å². The number of aliphatic hydroxyl groups is 1. The van der Waals surface area contributed by atoms with Crippen LogP contribution in [0, 0.1) is 6.92 Å². The van der Waals surface area contributed by atoms with Crippen LogP contribution in [0.4, 0.5) is 5.82 Å². The molecule has 2 aromatic heterocycles. The lowest BCUT2D eigenvalue weighted by molar-refractivity contribution is 0.292. The molecule has 0 fully saturated rings. The molecule has 0 saturated heterocycles. The van der Waals surface area contributed by atoms with Crippen LogP contribution in [0.1, 0.15) is 12.2 Å². The number of nitrogens with zero attached hydrogens (tertiary/aromatic N) is 3. The number of hydrogen-bond acceptors (Lipinski definition) is 6. The molecule has 0 aliphatic heterocycles. The number of nitrogens with one attached hydrogen (secondary N) is 1. The molecule has 134 valence electrons. The zero-order valence-electron chi connectivity index (χ0n) is 14.9. The molecule has 0 amide bonds. The first-order valence-corrected chi connectivity index (χ1v) is 8.50. The normalized spacial score (nSPS) is 10.6. The fourth-order valence-electron chi connectivity index (χ4n) is 2.62. The van der Waals surface area contributed by atoms with E-state index in [-0.39, 0.29) is 6.61 Å². The van der Waals surface area contributed by atoms with Crippen LogP contribution in [0.2, 0.25) is 0 Å². The summed E-state index contributed by atoms with van der Waals surface area (Å²) in [6.45, 7) is 2.68. The quantitative estimate of drug-likeness (QED) is 0.636. The van der Waals surface area contributed by atoms with E-state index >= 15 is 0 Å². The Morgan fingerprint density at radius 1 is 1.00 bits per heavy atom. The highest BCUT2D eigenvalue weighted by molar-refractivity contribution is 5.71. The Labute approximate surface area is 152 Å². The van der Waals surface area contributed by atoms with E-state index in [4.69, 9.17) is 9.84 Å². The monoisotopic (exact) mass is 350 g/mol. The molecule has 2 heterocycles. The maximum Gasteiger partial charge on any atom is 0.130 e. The summed E-state index contributed by atoms with van der Waals surface area (Å²) >= 11 is 0. The van der Waals surface area contributed by atoms with E-state index in [9.17, 15) is 0 Å². The molecule has 0 unspecified atom stereocenters. The van der Waals surface area contributed by atoms with Gasteiger partial charge in [-0.2, -0.15) is 0 Å². The minimum absolute atomic E-state index is 0.151. The molecule has 26 heavy (non-hydrogen) atoms. The van der Waals surface area contributed by atoms with Crippen molar-refractivity contribution < 1.29 is 9.84 Å². The van der Waals surface area contributed by atoms with E-state index in [0.29, 0.717) is 18.8 Å². The molecule has 0 spiro atoms. The Hall–Kier alpha value is -2.99. The number of hydrogen-bond donors (Lipinski definition) is 2. The minimum atomic E-state index is 0.151. The highest BCUT2D eigenvalue weighted by Gasteiger charge is 2.07. The van der Waals surface area contributed by atoms with Crippen molar-refractivity contribution in [1.29, 1.82) is 0 Å². The van der Waals surface area contributed by atoms with Crippen molar-refractivity contribution in [2.45, 2.75) is 13.3 Å². The van der Waals surface area contributed by atoms with Crippen molar-refractivity contribution in [2.24, 2.45) is 0 Å². The molecule has 3 rings (SSSR count). The largest absolute Gasteiger partial charge is 0.497 e. The Morgan fingerprint density at radius 2 is 1.77 bits per heavy atom. The van der Waals surface area contributed by atoms with Crippen LogP contribution in [-0.4, -0.2) is 40.3 Å². The zero-order chi connectivity index (χ0) is 18.4. The van der Waals surface area contributed by atoms with Crippen LogP contribution < -0.4 is 10.1 Å². The number of ether oxygens (including phenoxy) is 1. The lowest BCUT2D eigenvalue weighted by Crippen LogP contribution is -2.06. The Morgan fingerprint density at radius 3 is 2.50 bits per heavy atom. The second-order valence-corrected chi connectivity index (χ2v) is 5.88. The third kappa shape index (κ3) is 4.34. The standard InChI is InChI=1S/C20H22N4O2/c1-14-23-19(11-20(24-14)22-8-3-9-25)17-10-16(12-21-13-17)15-4-6-18(26-2)7-5-15/h4-7,10-13,25H,3,8-9H2,1-2H3,(H,22,23,24). The molecule has 6 heteroatoms. The molecule has 2 N–H and O–H groups in total. The molecule has 0 bridgehead atoms. The van der Waals surface area contributed by atoms with Crippen molar-refractivity contribution in [1.82, 2.24) is 15.0 Å². The number of aryl methyl sites for hydroxylation is 1. The van der Waals surface area contributed by atoms with E-state index in [1.165, 1.54) is 0 Å². The third-order valence-electron chi connectivity index (χ3n) is 3.94. The molecule has 0 aliphatic rings. The number of pyridine rings is 1. The van der Waals surface area contributed by atoms with E-state index in [0.717, 1.165) is 34.0 Å². The third-order valence-corrected chi connectivity index (χ3v) is 3.94. The van der Waals surface area contributed by atoms with Gasteiger partial charge >= 0.3 is 0 Å². The SMILES string of the molecule is COc1ccc(-c2cncc(-c3cc(NCCCO)nc(C)n3)c2)cc1. The summed E-state index contributed by atoms with van der Waals surface area (Å²) in [5.41, 5.74) is 3.81. The molecular weight excluding hydrogens is 328 g/mol. The van der Waals surface area contributed by atoms with Crippen LogP contribution in [0.3, 0.4) is 0 Å². The number of benzene rings is 1. The summed E-state index contributed by atoms with van der Waals surface area (Å²) in [6, 6.07) is 11.8. The summed E-state index contributed by atoms with van der Waals surface area (Å²) < 4.78 is 5.21. The first-order valence-electron chi connectivity index (χ1n) is 8.50. The predicted octanol–water partition coefficient (Wildman–Crippen LogP) is 3.32. The van der Waals surface area contributed by atoms with Crippen LogP contribution in [0.5, 0.6) is 5.75 Å². The molecule has 0 atom stereocenters. The van der Waals surface area contributed by atoms with E-state index in [1.54, 1.807) is 13.3 Å². The number of aromatic nitrogens is 3. The van der Waals surface area contributed by atoms with Gasteiger partial charge in [0.25, 0.3) is 0 Å². The van der Waals surface area contributed by atoms with Crippen molar-refractivity contribution >= 4 is 5.82 Å². The average Bonchev–Trinajstić information content (AvgIpc) is 2.68. The summed E-state index contributed by atoms with van der Waals surface area (Å²) in [5.74, 6) is 2.25. The first kappa shape index (κ1) is 17.8. The van der Waals surface area contributed by atoms with Gasteiger partial charge in [-0.3, -0.25) is 4.98 Å². The van der Waals surface area contributed by atoms with Crippen LogP contribution in [-0.2, 0) is 0 Å². The van der Waals surface area contributed by atoms with Crippen LogP contribution in [0.15, 0.2) is 48.8 Å².